The van der Waals surface area contributed by atoms with Gasteiger partial charge in [0.15, 0.2) is 0 Å². The highest BCUT2D eigenvalue weighted by Crippen LogP contribution is 2.26. The Bertz CT molecular complexity index is 317. The molecule has 0 bridgehead atoms. The van der Waals surface area contributed by atoms with Crippen LogP contribution in [0, 0.1) is 5.82 Å². The number of halogens is 2. The minimum Gasteiger partial charge on any atom is -0.378 e. The molecule has 2 rings (SSSR count). The molecule has 15 heavy (non-hydrogen) atoms. The van der Waals surface area contributed by atoms with Gasteiger partial charge in [-0.2, -0.15) is 0 Å². The fraction of sp³-hybridized carbons (Fsp3) is 0.455. The summed E-state index contributed by atoms with van der Waals surface area (Å²) in [7, 11) is 0. The maximum atomic E-state index is 13.5. The SMILES string of the molecule is Fc1cccc(Br)c1NC1CCCNC1. The smallest absolute Gasteiger partial charge is 0.147 e. The molecule has 1 aliphatic heterocycles. The van der Waals surface area contributed by atoms with Crippen LogP contribution in [0.15, 0.2) is 22.7 Å². The van der Waals surface area contributed by atoms with Crippen molar-refractivity contribution in [3.8, 4) is 0 Å². The zero-order chi connectivity index (χ0) is 10.7. The van der Waals surface area contributed by atoms with Gasteiger partial charge in [-0.05, 0) is 47.4 Å². The molecule has 1 aromatic rings. The van der Waals surface area contributed by atoms with Gasteiger partial charge in [-0.3, -0.25) is 0 Å². The summed E-state index contributed by atoms with van der Waals surface area (Å²) in [5.41, 5.74) is 0.575. The molecule has 1 aliphatic rings. The minimum atomic E-state index is -0.199. The van der Waals surface area contributed by atoms with Gasteiger partial charge in [0.1, 0.15) is 5.82 Å². The Morgan fingerprint density at radius 3 is 3.00 bits per heavy atom. The molecule has 0 aliphatic carbocycles. The summed E-state index contributed by atoms with van der Waals surface area (Å²) in [6.45, 7) is 1.97. The van der Waals surface area contributed by atoms with E-state index in [9.17, 15) is 4.39 Å². The van der Waals surface area contributed by atoms with Gasteiger partial charge in [0.2, 0.25) is 0 Å². The number of benzene rings is 1. The number of piperidine rings is 1. The third-order valence-electron chi connectivity index (χ3n) is 2.61. The largest absolute Gasteiger partial charge is 0.378 e. The summed E-state index contributed by atoms with van der Waals surface area (Å²) in [5.74, 6) is -0.199. The molecule has 82 valence electrons. The summed E-state index contributed by atoms with van der Waals surface area (Å²) in [5, 5.41) is 6.53. The van der Waals surface area contributed by atoms with E-state index in [0.29, 0.717) is 11.7 Å². The third kappa shape index (κ3) is 2.69. The van der Waals surface area contributed by atoms with Gasteiger partial charge < -0.3 is 10.6 Å². The molecule has 0 amide bonds. The van der Waals surface area contributed by atoms with Gasteiger partial charge in [0.25, 0.3) is 0 Å². The van der Waals surface area contributed by atoms with Gasteiger partial charge in [-0.1, -0.05) is 6.07 Å². The first kappa shape index (κ1) is 10.9. The summed E-state index contributed by atoms with van der Waals surface area (Å²) in [4.78, 5) is 0. The van der Waals surface area contributed by atoms with E-state index in [2.05, 4.69) is 26.6 Å². The van der Waals surface area contributed by atoms with Crippen LogP contribution in [-0.2, 0) is 0 Å². The maximum absolute atomic E-state index is 13.5. The Balaban J connectivity index is 2.09. The van der Waals surface area contributed by atoms with E-state index in [0.717, 1.165) is 30.4 Å². The minimum absolute atomic E-state index is 0.199. The highest BCUT2D eigenvalue weighted by molar-refractivity contribution is 9.10. The van der Waals surface area contributed by atoms with Crippen molar-refractivity contribution in [2.24, 2.45) is 0 Å². The molecule has 0 saturated carbocycles. The molecule has 4 heteroatoms. The number of anilines is 1. The highest BCUT2D eigenvalue weighted by atomic mass is 79.9. The molecule has 2 N–H and O–H groups in total. The lowest BCUT2D eigenvalue weighted by molar-refractivity contribution is 0.477. The molecule has 0 radical (unpaired) electrons. The average molecular weight is 273 g/mol. The fourth-order valence-corrected chi connectivity index (χ4v) is 2.27. The van der Waals surface area contributed by atoms with Gasteiger partial charge in [-0.25, -0.2) is 4.39 Å². The molecule has 1 aromatic carbocycles. The Morgan fingerprint density at radius 1 is 1.47 bits per heavy atom. The zero-order valence-electron chi connectivity index (χ0n) is 8.39. The molecule has 1 saturated heterocycles. The van der Waals surface area contributed by atoms with Crippen molar-refractivity contribution in [3.63, 3.8) is 0 Å². The second-order valence-electron chi connectivity index (χ2n) is 3.78. The first-order valence-corrected chi connectivity index (χ1v) is 5.98. The predicted octanol–water partition coefficient (Wildman–Crippen LogP) is 2.75. The third-order valence-corrected chi connectivity index (χ3v) is 3.27. The molecule has 1 atom stereocenters. The highest BCUT2D eigenvalue weighted by Gasteiger charge is 2.15. The normalized spacial score (nSPS) is 21.3. The van der Waals surface area contributed by atoms with E-state index in [1.54, 1.807) is 6.07 Å². The molecule has 1 fully saturated rings. The van der Waals surface area contributed by atoms with E-state index in [1.807, 2.05) is 6.07 Å². The molecular formula is C11H14BrFN2. The Hall–Kier alpha value is -0.610. The summed E-state index contributed by atoms with van der Waals surface area (Å²) < 4.78 is 14.3. The summed E-state index contributed by atoms with van der Waals surface area (Å²) >= 11 is 3.35. The van der Waals surface area contributed by atoms with E-state index >= 15 is 0 Å². The van der Waals surface area contributed by atoms with Crippen LogP contribution in [0.1, 0.15) is 12.8 Å². The monoisotopic (exact) mass is 272 g/mol. The van der Waals surface area contributed by atoms with Crippen LogP contribution in [0.2, 0.25) is 0 Å². The second kappa shape index (κ2) is 4.94. The standard InChI is InChI=1S/C11H14BrFN2/c12-9-4-1-5-10(13)11(9)15-8-3-2-6-14-7-8/h1,4-5,8,14-15H,2-3,6-7H2. The van der Waals surface area contributed by atoms with Crippen LogP contribution < -0.4 is 10.6 Å². The quantitative estimate of drug-likeness (QED) is 0.865. The van der Waals surface area contributed by atoms with Crippen molar-refractivity contribution in [2.45, 2.75) is 18.9 Å². The fourth-order valence-electron chi connectivity index (χ4n) is 1.81. The number of nitrogens with one attached hydrogen (secondary N) is 2. The Labute approximate surface area is 97.4 Å². The number of hydrogen-bond acceptors (Lipinski definition) is 2. The maximum Gasteiger partial charge on any atom is 0.147 e. The van der Waals surface area contributed by atoms with Gasteiger partial charge in [0, 0.05) is 17.1 Å². The molecular weight excluding hydrogens is 259 g/mol. The predicted molar refractivity (Wildman–Crippen MR) is 63.6 cm³/mol. The van der Waals surface area contributed by atoms with E-state index < -0.39 is 0 Å². The van der Waals surface area contributed by atoms with Crippen molar-refractivity contribution >= 4 is 21.6 Å². The lowest BCUT2D eigenvalue weighted by Gasteiger charge is -2.25. The van der Waals surface area contributed by atoms with Crippen LogP contribution in [0.5, 0.6) is 0 Å². The summed E-state index contributed by atoms with van der Waals surface area (Å²) in [6, 6.07) is 5.35. The molecule has 2 nitrogen and oxygen atoms in total. The zero-order valence-corrected chi connectivity index (χ0v) is 9.98. The lowest BCUT2D eigenvalue weighted by atomic mass is 10.1. The first-order valence-electron chi connectivity index (χ1n) is 5.18. The topological polar surface area (TPSA) is 24.1 Å². The van der Waals surface area contributed by atoms with Gasteiger partial charge in [-0.15, -0.1) is 0 Å². The molecule has 1 unspecified atom stereocenters. The van der Waals surface area contributed by atoms with Crippen LogP contribution in [0.3, 0.4) is 0 Å². The van der Waals surface area contributed by atoms with Crippen LogP contribution >= 0.6 is 15.9 Å². The number of para-hydroxylation sites is 1. The molecule has 0 spiro atoms. The van der Waals surface area contributed by atoms with Crippen molar-refractivity contribution in [1.82, 2.24) is 5.32 Å². The van der Waals surface area contributed by atoms with Crippen molar-refractivity contribution in [3.05, 3.63) is 28.5 Å². The summed E-state index contributed by atoms with van der Waals surface area (Å²) in [6.07, 6.45) is 2.23. The van der Waals surface area contributed by atoms with Crippen LogP contribution in [0.25, 0.3) is 0 Å². The van der Waals surface area contributed by atoms with Gasteiger partial charge in [0.05, 0.1) is 5.69 Å². The second-order valence-corrected chi connectivity index (χ2v) is 4.64. The Kier molecular flexibility index (Phi) is 3.59. The van der Waals surface area contributed by atoms with Crippen molar-refractivity contribution < 1.29 is 4.39 Å². The molecule has 1 heterocycles. The van der Waals surface area contributed by atoms with Crippen molar-refractivity contribution in [1.29, 1.82) is 0 Å². The van der Waals surface area contributed by atoms with E-state index in [-0.39, 0.29) is 5.82 Å². The van der Waals surface area contributed by atoms with Crippen LogP contribution in [-0.4, -0.2) is 19.1 Å². The molecule has 0 aromatic heterocycles. The van der Waals surface area contributed by atoms with Crippen LogP contribution in [0.4, 0.5) is 10.1 Å². The first-order chi connectivity index (χ1) is 7.27. The van der Waals surface area contributed by atoms with E-state index in [1.165, 1.54) is 6.07 Å². The number of rotatable bonds is 2. The lowest BCUT2D eigenvalue weighted by Crippen LogP contribution is -2.38. The van der Waals surface area contributed by atoms with Crippen molar-refractivity contribution in [2.75, 3.05) is 18.4 Å². The number of hydrogen-bond donors (Lipinski definition) is 2. The Morgan fingerprint density at radius 2 is 2.33 bits per heavy atom. The van der Waals surface area contributed by atoms with E-state index in [4.69, 9.17) is 0 Å². The van der Waals surface area contributed by atoms with Gasteiger partial charge >= 0.3 is 0 Å². The average Bonchev–Trinajstić information content (AvgIpc) is 2.25.